The molecular formula is C12H17NO3S. The summed E-state index contributed by atoms with van der Waals surface area (Å²) in [5.41, 5.74) is -0.298. The Bertz CT molecular complexity index is 379. The maximum Gasteiger partial charge on any atom is 0.254 e. The second-order valence-corrected chi connectivity index (χ2v) is 5.32. The van der Waals surface area contributed by atoms with Crippen molar-refractivity contribution < 1.29 is 15.0 Å². The number of thiophene rings is 1. The summed E-state index contributed by atoms with van der Waals surface area (Å²) in [6.45, 7) is 0.927. The largest absolute Gasteiger partial charge is 0.393 e. The van der Waals surface area contributed by atoms with Gasteiger partial charge < -0.3 is 15.1 Å². The van der Waals surface area contributed by atoms with Gasteiger partial charge in [-0.2, -0.15) is 11.3 Å². The highest BCUT2D eigenvalue weighted by molar-refractivity contribution is 7.08. The van der Waals surface area contributed by atoms with Crippen molar-refractivity contribution in [3.8, 4) is 0 Å². The molecule has 2 rings (SSSR count). The molecule has 94 valence electrons. The monoisotopic (exact) mass is 255 g/mol. The predicted molar refractivity (Wildman–Crippen MR) is 66.1 cm³/mol. The van der Waals surface area contributed by atoms with Crippen LogP contribution in [-0.2, 0) is 0 Å². The molecule has 1 amide bonds. The summed E-state index contributed by atoms with van der Waals surface area (Å²) in [4.78, 5) is 13.9. The number of hydrogen-bond acceptors (Lipinski definition) is 4. The highest BCUT2D eigenvalue weighted by Crippen LogP contribution is 2.23. The van der Waals surface area contributed by atoms with Crippen LogP contribution in [0.3, 0.4) is 0 Å². The Morgan fingerprint density at radius 1 is 1.47 bits per heavy atom. The third-order valence-corrected chi connectivity index (χ3v) is 3.95. The van der Waals surface area contributed by atoms with Crippen molar-refractivity contribution in [1.82, 2.24) is 4.90 Å². The first-order valence-corrected chi connectivity index (χ1v) is 6.74. The molecule has 0 saturated carbocycles. The van der Waals surface area contributed by atoms with E-state index in [1.165, 1.54) is 11.3 Å². The Kier molecular flexibility index (Phi) is 3.81. The molecule has 1 saturated heterocycles. The standard InChI is InChI=1S/C12H17NO3S/c14-9-12(16)3-1-5-13(6-4-12)11(15)10-2-7-17-8-10/h2,7-8,14,16H,1,3-6,9H2/t12-/m0/s1. The normalized spacial score (nSPS) is 25.6. The number of hydrogen-bond donors (Lipinski definition) is 2. The van der Waals surface area contributed by atoms with Gasteiger partial charge in [0.15, 0.2) is 0 Å². The molecule has 1 aliphatic heterocycles. The van der Waals surface area contributed by atoms with Crippen molar-refractivity contribution in [2.45, 2.75) is 24.9 Å². The highest BCUT2D eigenvalue weighted by Gasteiger charge is 2.30. The molecule has 1 atom stereocenters. The second-order valence-electron chi connectivity index (χ2n) is 4.54. The summed E-state index contributed by atoms with van der Waals surface area (Å²) in [7, 11) is 0. The van der Waals surface area contributed by atoms with Crippen LogP contribution in [0.15, 0.2) is 16.8 Å². The van der Waals surface area contributed by atoms with E-state index >= 15 is 0 Å². The van der Waals surface area contributed by atoms with Gasteiger partial charge in [-0.3, -0.25) is 4.79 Å². The molecule has 2 heterocycles. The van der Waals surface area contributed by atoms with E-state index in [9.17, 15) is 9.90 Å². The van der Waals surface area contributed by atoms with Crippen molar-refractivity contribution in [1.29, 1.82) is 0 Å². The van der Waals surface area contributed by atoms with Crippen LogP contribution in [0.5, 0.6) is 0 Å². The van der Waals surface area contributed by atoms with Crippen LogP contribution in [-0.4, -0.2) is 46.3 Å². The van der Waals surface area contributed by atoms with Gasteiger partial charge in [-0.1, -0.05) is 0 Å². The average Bonchev–Trinajstić information content (AvgIpc) is 2.79. The van der Waals surface area contributed by atoms with Gasteiger partial charge in [-0.15, -0.1) is 0 Å². The van der Waals surface area contributed by atoms with Crippen LogP contribution >= 0.6 is 11.3 Å². The van der Waals surface area contributed by atoms with E-state index in [2.05, 4.69) is 0 Å². The van der Waals surface area contributed by atoms with Gasteiger partial charge in [0.25, 0.3) is 5.91 Å². The Morgan fingerprint density at radius 3 is 2.94 bits per heavy atom. The quantitative estimate of drug-likeness (QED) is 0.832. The van der Waals surface area contributed by atoms with Crippen molar-refractivity contribution in [2.75, 3.05) is 19.7 Å². The first-order chi connectivity index (χ1) is 8.14. The summed E-state index contributed by atoms with van der Waals surface area (Å²) >= 11 is 1.50. The zero-order valence-electron chi connectivity index (χ0n) is 9.63. The molecule has 17 heavy (non-hydrogen) atoms. The zero-order chi connectivity index (χ0) is 12.3. The van der Waals surface area contributed by atoms with Gasteiger partial charge in [0, 0.05) is 18.5 Å². The molecule has 0 aliphatic carbocycles. The third-order valence-electron chi connectivity index (χ3n) is 3.27. The maximum atomic E-state index is 12.1. The van der Waals surface area contributed by atoms with E-state index in [1.54, 1.807) is 4.90 Å². The minimum atomic E-state index is -1.01. The van der Waals surface area contributed by atoms with Crippen molar-refractivity contribution in [3.63, 3.8) is 0 Å². The zero-order valence-corrected chi connectivity index (χ0v) is 10.4. The topological polar surface area (TPSA) is 60.8 Å². The molecule has 5 heteroatoms. The van der Waals surface area contributed by atoms with Crippen LogP contribution in [0.1, 0.15) is 29.6 Å². The van der Waals surface area contributed by atoms with Crippen LogP contribution in [0.4, 0.5) is 0 Å². The predicted octanol–water partition coefficient (Wildman–Crippen LogP) is 1.10. The van der Waals surface area contributed by atoms with Gasteiger partial charge in [-0.05, 0) is 30.7 Å². The highest BCUT2D eigenvalue weighted by atomic mass is 32.1. The van der Waals surface area contributed by atoms with E-state index in [0.29, 0.717) is 31.5 Å². The Hall–Kier alpha value is -0.910. The number of aliphatic hydroxyl groups is 2. The number of carbonyl (C=O) groups excluding carboxylic acids is 1. The molecule has 1 fully saturated rings. The van der Waals surface area contributed by atoms with Crippen molar-refractivity contribution in [3.05, 3.63) is 22.4 Å². The van der Waals surface area contributed by atoms with Gasteiger partial charge >= 0.3 is 0 Å². The Labute approximate surface area is 104 Å². The van der Waals surface area contributed by atoms with E-state index < -0.39 is 5.60 Å². The van der Waals surface area contributed by atoms with Crippen molar-refractivity contribution >= 4 is 17.2 Å². The molecule has 1 aromatic heterocycles. The second kappa shape index (κ2) is 5.16. The molecule has 0 spiro atoms. The molecule has 0 bridgehead atoms. The van der Waals surface area contributed by atoms with Gasteiger partial charge in [-0.25, -0.2) is 0 Å². The van der Waals surface area contributed by atoms with E-state index in [1.807, 2.05) is 16.8 Å². The molecule has 1 aromatic rings. The lowest BCUT2D eigenvalue weighted by molar-refractivity contribution is -0.0250. The smallest absolute Gasteiger partial charge is 0.254 e. The third kappa shape index (κ3) is 2.86. The molecule has 2 N–H and O–H groups in total. The SMILES string of the molecule is O=C(c1ccsc1)N1CCC[C@@](O)(CO)CC1. The number of nitrogens with zero attached hydrogens (tertiary/aromatic N) is 1. The van der Waals surface area contributed by atoms with Gasteiger partial charge in [0.1, 0.15) is 0 Å². The summed E-state index contributed by atoms with van der Waals surface area (Å²) < 4.78 is 0. The van der Waals surface area contributed by atoms with Crippen LogP contribution < -0.4 is 0 Å². The van der Waals surface area contributed by atoms with E-state index in [-0.39, 0.29) is 12.5 Å². The van der Waals surface area contributed by atoms with E-state index in [4.69, 9.17) is 5.11 Å². The molecule has 0 unspecified atom stereocenters. The fourth-order valence-electron chi connectivity index (χ4n) is 2.11. The number of carbonyl (C=O) groups is 1. The number of amides is 1. The van der Waals surface area contributed by atoms with Crippen LogP contribution in [0.25, 0.3) is 0 Å². The van der Waals surface area contributed by atoms with E-state index in [0.717, 1.165) is 6.42 Å². The fraction of sp³-hybridized carbons (Fsp3) is 0.583. The molecule has 4 nitrogen and oxygen atoms in total. The lowest BCUT2D eigenvalue weighted by atomic mass is 9.96. The minimum absolute atomic E-state index is 0.0217. The lowest BCUT2D eigenvalue weighted by Gasteiger charge is -2.24. The van der Waals surface area contributed by atoms with Crippen molar-refractivity contribution in [2.24, 2.45) is 0 Å². The summed E-state index contributed by atoms with van der Waals surface area (Å²) in [5.74, 6) is 0.0217. The number of likely N-dealkylation sites (tertiary alicyclic amines) is 1. The lowest BCUT2D eigenvalue weighted by Crippen LogP contribution is -2.36. The molecular weight excluding hydrogens is 238 g/mol. The summed E-state index contributed by atoms with van der Waals surface area (Å²) in [6, 6.07) is 1.82. The molecule has 0 aromatic carbocycles. The van der Waals surface area contributed by atoms with Crippen LogP contribution in [0, 0.1) is 0 Å². The number of aliphatic hydroxyl groups excluding tert-OH is 1. The fourth-order valence-corrected chi connectivity index (χ4v) is 2.74. The van der Waals surface area contributed by atoms with Crippen LogP contribution in [0.2, 0.25) is 0 Å². The van der Waals surface area contributed by atoms with Gasteiger partial charge in [0.2, 0.25) is 0 Å². The number of rotatable bonds is 2. The maximum absolute atomic E-state index is 12.1. The first kappa shape index (κ1) is 12.5. The Balaban J connectivity index is 2.02. The minimum Gasteiger partial charge on any atom is -0.393 e. The summed E-state index contributed by atoms with van der Waals surface area (Å²) in [5, 5.41) is 22.9. The average molecular weight is 255 g/mol. The summed E-state index contributed by atoms with van der Waals surface area (Å²) in [6.07, 6.45) is 1.73. The molecule has 1 aliphatic rings. The van der Waals surface area contributed by atoms with Gasteiger partial charge in [0.05, 0.1) is 17.8 Å². The first-order valence-electron chi connectivity index (χ1n) is 5.79. The Morgan fingerprint density at radius 2 is 2.29 bits per heavy atom. The molecule has 0 radical (unpaired) electrons.